The number of likely N-dealkylation sites (tertiary alicyclic amines) is 1. The van der Waals surface area contributed by atoms with Crippen molar-refractivity contribution < 1.29 is 14.3 Å². The van der Waals surface area contributed by atoms with Gasteiger partial charge in [-0.15, -0.1) is 0 Å². The molecule has 4 rings (SSSR count). The van der Waals surface area contributed by atoms with Gasteiger partial charge in [0.25, 0.3) is 5.91 Å². The fourth-order valence-electron chi connectivity index (χ4n) is 4.03. The van der Waals surface area contributed by atoms with Crippen molar-refractivity contribution in [3.05, 3.63) is 18.1 Å². The van der Waals surface area contributed by atoms with Gasteiger partial charge in [-0.2, -0.15) is 0 Å². The molecule has 25 heavy (non-hydrogen) atoms. The Kier molecular flexibility index (Phi) is 4.60. The molecule has 0 N–H and O–H groups in total. The summed E-state index contributed by atoms with van der Waals surface area (Å²) in [6.45, 7) is 6.82. The van der Waals surface area contributed by atoms with E-state index < -0.39 is 5.79 Å². The van der Waals surface area contributed by atoms with Gasteiger partial charge in [-0.1, -0.05) is 6.92 Å². The number of carbonyl (C=O) groups is 1. The Bertz CT molecular complexity index is 623. The van der Waals surface area contributed by atoms with Gasteiger partial charge in [0.2, 0.25) is 0 Å². The zero-order valence-corrected chi connectivity index (χ0v) is 14.8. The van der Waals surface area contributed by atoms with Gasteiger partial charge in [0, 0.05) is 45.1 Å². The quantitative estimate of drug-likeness (QED) is 0.812. The normalized spacial score (nSPS) is 26.2. The first-order valence-corrected chi connectivity index (χ1v) is 9.29. The highest BCUT2D eigenvalue weighted by atomic mass is 16.7. The smallest absolute Gasteiger partial charge is 0.272 e. The monoisotopic (exact) mass is 346 g/mol. The van der Waals surface area contributed by atoms with Crippen molar-refractivity contribution in [2.45, 2.75) is 38.4 Å². The van der Waals surface area contributed by atoms with Crippen LogP contribution in [0, 0.1) is 5.92 Å². The standard InChI is InChI=1S/C18H26N4O3/c1-14-3-2-6-22(12-14)17(23)15-11-16(20-13-19-15)21-7-4-18(5-8-21)24-9-10-25-18/h11,13-14H,2-10,12H2,1H3. The molecular formula is C18H26N4O3. The fraction of sp³-hybridized carbons (Fsp3) is 0.722. The third kappa shape index (κ3) is 3.48. The van der Waals surface area contributed by atoms with Crippen LogP contribution in [0.25, 0.3) is 0 Å². The van der Waals surface area contributed by atoms with Crippen LogP contribution < -0.4 is 4.90 Å². The third-order valence-electron chi connectivity index (χ3n) is 5.48. The number of anilines is 1. The molecule has 1 spiro atoms. The summed E-state index contributed by atoms with van der Waals surface area (Å²) in [7, 11) is 0. The van der Waals surface area contributed by atoms with E-state index in [0.717, 1.165) is 51.3 Å². The first kappa shape index (κ1) is 16.7. The van der Waals surface area contributed by atoms with E-state index in [1.165, 1.54) is 12.7 Å². The van der Waals surface area contributed by atoms with Crippen LogP contribution in [0.3, 0.4) is 0 Å². The van der Waals surface area contributed by atoms with E-state index in [9.17, 15) is 4.79 Å². The van der Waals surface area contributed by atoms with E-state index in [4.69, 9.17) is 9.47 Å². The van der Waals surface area contributed by atoms with Gasteiger partial charge in [0.05, 0.1) is 13.2 Å². The van der Waals surface area contributed by atoms with E-state index in [0.29, 0.717) is 24.8 Å². The van der Waals surface area contributed by atoms with Gasteiger partial charge in [-0.25, -0.2) is 9.97 Å². The lowest BCUT2D eigenvalue weighted by Crippen LogP contribution is -2.45. The van der Waals surface area contributed by atoms with Crippen LogP contribution in [-0.4, -0.2) is 66.0 Å². The maximum Gasteiger partial charge on any atom is 0.272 e. The highest BCUT2D eigenvalue weighted by Crippen LogP contribution is 2.32. The number of amides is 1. The Morgan fingerprint density at radius 3 is 2.68 bits per heavy atom. The molecule has 0 radical (unpaired) electrons. The van der Waals surface area contributed by atoms with Gasteiger partial charge >= 0.3 is 0 Å². The zero-order chi connectivity index (χ0) is 17.3. The summed E-state index contributed by atoms with van der Waals surface area (Å²) < 4.78 is 11.5. The van der Waals surface area contributed by atoms with Gasteiger partial charge < -0.3 is 19.3 Å². The van der Waals surface area contributed by atoms with E-state index in [1.807, 2.05) is 11.0 Å². The molecule has 0 aliphatic carbocycles. The van der Waals surface area contributed by atoms with Crippen molar-refractivity contribution in [1.82, 2.24) is 14.9 Å². The van der Waals surface area contributed by atoms with Gasteiger partial charge in [0.15, 0.2) is 5.79 Å². The average molecular weight is 346 g/mol. The molecule has 1 amide bonds. The number of nitrogens with zero attached hydrogens (tertiary/aromatic N) is 4. The SMILES string of the molecule is CC1CCCN(C(=O)c2cc(N3CCC4(CC3)OCCO4)ncn2)C1. The highest BCUT2D eigenvalue weighted by Gasteiger charge is 2.40. The Morgan fingerprint density at radius 1 is 1.20 bits per heavy atom. The molecule has 1 unspecified atom stereocenters. The number of hydrogen-bond acceptors (Lipinski definition) is 6. The van der Waals surface area contributed by atoms with Crippen LogP contribution in [0.15, 0.2) is 12.4 Å². The Morgan fingerprint density at radius 2 is 1.96 bits per heavy atom. The second-order valence-corrected chi connectivity index (χ2v) is 7.35. The summed E-state index contributed by atoms with van der Waals surface area (Å²) >= 11 is 0. The van der Waals surface area contributed by atoms with Gasteiger partial charge in [0.1, 0.15) is 17.8 Å². The summed E-state index contributed by atoms with van der Waals surface area (Å²) in [6.07, 6.45) is 5.41. The molecule has 0 bridgehead atoms. The van der Waals surface area contributed by atoms with Gasteiger partial charge in [-0.3, -0.25) is 4.79 Å². The predicted octanol–water partition coefficient (Wildman–Crippen LogP) is 1.69. The minimum Gasteiger partial charge on any atom is -0.356 e. The Labute approximate surface area is 148 Å². The molecule has 3 saturated heterocycles. The summed E-state index contributed by atoms with van der Waals surface area (Å²) in [5.41, 5.74) is 0.493. The number of rotatable bonds is 2. The zero-order valence-electron chi connectivity index (χ0n) is 14.8. The second-order valence-electron chi connectivity index (χ2n) is 7.35. The molecule has 3 aliphatic heterocycles. The van der Waals surface area contributed by atoms with Crippen molar-refractivity contribution in [3.63, 3.8) is 0 Å². The number of hydrogen-bond donors (Lipinski definition) is 0. The summed E-state index contributed by atoms with van der Waals surface area (Å²) in [4.78, 5) is 25.5. The molecule has 1 aromatic rings. The number of carbonyl (C=O) groups excluding carboxylic acids is 1. The molecule has 7 nitrogen and oxygen atoms in total. The van der Waals surface area contributed by atoms with Crippen LogP contribution in [0.4, 0.5) is 5.82 Å². The Balaban J connectivity index is 1.44. The number of ether oxygens (including phenoxy) is 2. The maximum atomic E-state index is 12.8. The predicted molar refractivity (Wildman–Crippen MR) is 92.4 cm³/mol. The maximum absolute atomic E-state index is 12.8. The lowest BCUT2D eigenvalue weighted by Gasteiger charge is -2.38. The molecule has 0 saturated carbocycles. The van der Waals surface area contributed by atoms with E-state index in [-0.39, 0.29) is 5.91 Å². The lowest BCUT2D eigenvalue weighted by molar-refractivity contribution is -0.169. The minimum atomic E-state index is -0.397. The van der Waals surface area contributed by atoms with Gasteiger partial charge in [-0.05, 0) is 18.8 Å². The Hall–Kier alpha value is -1.73. The number of piperidine rings is 2. The van der Waals surface area contributed by atoms with E-state index in [2.05, 4.69) is 21.8 Å². The van der Waals surface area contributed by atoms with Crippen molar-refractivity contribution >= 4 is 11.7 Å². The summed E-state index contributed by atoms with van der Waals surface area (Å²) in [5, 5.41) is 0. The highest BCUT2D eigenvalue weighted by molar-refractivity contribution is 5.93. The minimum absolute atomic E-state index is 0.0196. The summed E-state index contributed by atoms with van der Waals surface area (Å²) in [6, 6.07) is 1.83. The third-order valence-corrected chi connectivity index (χ3v) is 5.48. The van der Waals surface area contributed by atoms with Crippen LogP contribution in [-0.2, 0) is 9.47 Å². The van der Waals surface area contributed by atoms with Crippen LogP contribution >= 0.6 is 0 Å². The molecule has 7 heteroatoms. The molecule has 3 aliphatic rings. The largest absolute Gasteiger partial charge is 0.356 e. The molecule has 1 aromatic heterocycles. The van der Waals surface area contributed by atoms with Crippen molar-refractivity contribution in [3.8, 4) is 0 Å². The van der Waals surface area contributed by atoms with Crippen molar-refractivity contribution in [2.75, 3.05) is 44.3 Å². The van der Waals surface area contributed by atoms with E-state index >= 15 is 0 Å². The molecule has 0 aromatic carbocycles. The molecule has 1 atom stereocenters. The lowest BCUT2D eigenvalue weighted by atomic mass is 10.00. The average Bonchev–Trinajstić information content (AvgIpc) is 3.10. The number of aromatic nitrogens is 2. The van der Waals surface area contributed by atoms with Crippen LogP contribution in [0.2, 0.25) is 0 Å². The second kappa shape index (κ2) is 6.88. The molecular weight excluding hydrogens is 320 g/mol. The first-order valence-electron chi connectivity index (χ1n) is 9.29. The molecule has 4 heterocycles. The fourth-order valence-corrected chi connectivity index (χ4v) is 4.03. The van der Waals surface area contributed by atoms with Crippen LogP contribution in [0.5, 0.6) is 0 Å². The molecule has 3 fully saturated rings. The van der Waals surface area contributed by atoms with Crippen LogP contribution in [0.1, 0.15) is 43.1 Å². The topological polar surface area (TPSA) is 67.8 Å². The molecule has 136 valence electrons. The van der Waals surface area contributed by atoms with Crippen molar-refractivity contribution in [2.24, 2.45) is 5.92 Å². The first-order chi connectivity index (χ1) is 12.2. The van der Waals surface area contributed by atoms with E-state index in [1.54, 1.807) is 0 Å². The van der Waals surface area contributed by atoms with Crippen molar-refractivity contribution in [1.29, 1.82) is 0 Å². The summed E-state index contributed by atoms with van der Waals surface area (Å²) in [5.74, 6) is 0.998.